The average molecular weight is 484 g/mol. The number of methoxy groups -OCH3 is 1. The second kappa shape index (κ2) is 9.04. The smallest absolute Gasteiger partial charge is 0.250 e. The summed E-state index contributed by atoms with van der Waals surface area (Å²) >= 11 is 0. The predicted octanol–water partition coefficient (Wildman–Crippen LogP) is 3.16. The number of anilines is 1. The number of pyridine rings is 2. The highest BCUT2D eigenvalue weighted by atomic mass is 19.1. The Balaban J connectivity index is 1.29. The second-order valence-corrected chi connectivity index (χ2v) is 9.60. The summed E-state index contributed by atoms with van der Waals surface area (Å²) in [5.74, 6) is -1.00. The SMILES string of the molecule is COc1ncc(F)c(C2(OCC(=O)N3CC4C[C@H](C)C(C3)N4c3ccc(C#N)cn3)CCC2)c1F. The molecule has 1 amide bonds. The Morgan fingerprint density at radius 1 is 1.26 bits per heavy atom. The molecule has 10 heteroatoms. The van der Waals surface area contributed by atoms with Crippen LogP contribution in [0.1, 0.15) is 43.7 Å². The number of likely N-dealkylation sites (tertiary alicyclic amines) is 1. The first kappa shape index (κ1) is 23.4. The van der Waals surface area contributed by atoms with E-state index in [0.29, 0.717) is 37.4 Å². The molecule has 2 aliphatic heterocycles. The molecule has 1 saturated carbocycles. The van der Waals surface area contributed by atoms with Crippen molar-refractivity contribution in [3.8, 4) is 11.9 Å². The summed E-state index contributed by atoms with van der Waals surface area (Å²) in [7, 11) is 1.27. The van der Waals surface area contributed by atoms with Crippen molar-refractivity contribution in [2.75, 3.05) is 31.7 Å². The number of rotatable bonds is 6. The van der Waals surface area contributed by atoms with Crippen molar-refractivity contribution in [3.63, 3.8) is 0 Å². The van der Waals surface area contributed by atoms with Crippen LogP contribution < -0.4 is 9.64 Å². The second-order valence-electron chi connectivity index (χ2n) is 9.60. The number of halogens is 2. The lowest BCUT2D eigenvalue weighted by Crippen LogP contribution is -2.57. The van der Waals surface area contributed by atoms with Crippen molar-refractivity contribution in [1.82, 2.24) is 14.9 Å². The summed E-state index contributed by atoms with van der Waals surface area (Å²) in [6.07, 6.45) is 5.00. The van der Waals surface area contributed by atoms with Gasteiger partial charge in [0.1, 0.15) is 18.5 Å². The van der Waals surface area contributed by atoms with Gasteiger partial charge in [0.15, 0.2) is 11.6 Å². The van der Waals surface area contributed by atoms with E-state index in [1.165, 1.54) is 7.11 Å². The monoisotopic (exact) mass is 483 g/mol. The zero-order valence-electron chi connectivity index (χ0n) is 19.7. The number of aromatic nitrogens is 2. The number of fused-ring (bicyclic) bond motifs is 2. The minimum atomic E-state index is -1.19. The van der Waals surface area contributed by atoms with E-state index < -0.39 is 17.2 Å². The zero-order chi connectivity index (χ0) is 24.7. The van der Waals surface area contributed by atoms with Gasteiger partial charge >= 0.3 is 0 Å². The maximum Gasteiger partial charge on any atom is 0.250 e. The van der Waals surface area contributed by atoms with Crippen molar-refractivity contribution in [2.45, 2.75) is 50.3 Å². The first-order chi connectivity index (χ1) is 16.9. The van der Waals surface area contributed by atoms with Crippen LogP contribution in [-0.4, -0.2) is 59.7 Å². The molecule has 0 aromatic carbocycles. The molecule has 184 valence electrons. The van der Waals surface area contributed by atoms with E-state index in [2.05, 4.69) is 27.9 Å². The van der Waals surface area contributed by atoms with E-state index in [0.717, 1.165) is 24.9 Å². The predicted molar refractivity (Wildman–Crippen MR) is 122 cm³/mol. The molecule has 3 fully saturated rings. The highest BCUT2D eigenvalue weighted by Gasteiger charge is 2.48. The molecule has 2 unspecified atom stereocenters. The van der Waals surface area contributed by atoms with Crippen LogP contribution in [0.25, 0.3) is 0 Å². The largest absolute Gasteiger partial charge is 0.479 e. The van der Waals surface area contributed by atoms with Gasteiger partial charge in [0.05, 0.1) is 36.1 Å². The average Bonchev–Trinajstić information content (AvgIpc) is 3.03. The van der Waals surface area contributed by atoms with Gasteiger partial charge < -0.3 is 19.3 Å². The third kappa shape index (κ3) is 3.97. The van der Waals surface area contributed by atoms with Crippen LogP contribution in [-0.2, 0) is 15.1 Å². The summed E-state index contributed by atoms with van der Waals surface area (Å²) in [6, 6.07) is 5.88. The van der Waals surface area contributed by atoms with Crippen molar-refractivity contribution >= 4 is 11.7 Å². The first-order valence-corrected chi connectivity index (χ1v) is 11.8. The minimum absolute atomic E-state index is 0.0927. The number of carbonyl (C=O) groups excluding carboxylic acids is 1. The lowest BCUT2D eigenvalue weighted by Gasteiger charge is -2.44. The van der Waals surface area contributed by atoms with Crippen molar-refractivity contribution < 1.29 is 23.0 Å². The molecular weight excluding hydrogens is 456 g/mol. The summed E-state index contributed by atoms with van der Waals surface area (Å²) in [5, 5.41) is 9.04. The van der Waals surface area contributed by atoms with Gasteiger partial charge in [0.2, 0.25) is 5.91 Å². The number of amides is 1. The number of carbonyl (C=O) groups is 1. The summed E-state index contributed by atoms with van der Waals surface area (Å²) in [5.41, 5.74) is -0.904. The molecule has 0 radical (unpaired) electrons. The number of hydrogen-bond donors (Lipinski definition) is 0. The molecule has 2 aromatic rings. The van der Waals surface area contributed by atoms with E-state index >= 15 is 0 Å². The Kier molecular flexibility index (Phi) is 6.05. The van der Waals surface area contributed by atoms with Crippen molar-refractivity contribution in [2.24, 2.45) is 5.92 Å². The molecule has 4 heterocycles. The molecular formula is C25H27F2N5O3. The molecule has 3 aliphatic rings. The maximum atomic E-state index is 14.9. The number of ether oxygens (including phenoxy) is 2. The van der Waals surface area contributed by atoms with Crippen LogP contribution in [0.2, 0.25) is 0 Å². The Bertz CT molecular complexity index is 1160. The fourth-order valence-corrected chi connectivity index (χ4v) is 5.66. The number of nitriles is 1. The van der Waals surface area contributed by atoms with E-state index in [1.54, 1.807) is 17.2 Å². The van der Waals surface area contributed by atoms with Gasteiger partial charge in [-0.05, 0) is 43.7 Å². The number of hydrogen-bond acceptors (Lipinski definition) is 7. The van der Waals surface area contributed by atoms with E-state index in [4.69, 9.17) is 14.7 Å². The van der Waals surface area contributed by atoms with Crippen LogP contribution >= 0.6 is 0 Å². The van der Waals surface area contributed by atoms with Crippen LogP contribution in [0.4, 0.5) is 14.6 Å². The number of nitrogens with zero attached hydrogens (tertiary/aromatic N) is 5. The van der Waals surface area contributed by atoms with Gasteiger partial charge in [0, 0.05) is 25.3 Å². The molecule has 5 rings (SSSR count). The Morgan fingerprint density at radius 2 is 2.06 bits per heavy atom. The van der Waals surface area contributed by atoms with Crippen molar-refractivity contribution in [3.05, 3.63) is 47.3 Å². The van der Waals surface area contributed by atoms with E-state index in [9.17, 15) is 13.6 Å². The van der Waals surface area contributed by atoms with Crippen LogP contribution in [0.5, 0.6) is 5.88 Å². The molecule has 2 bridgehead atoms. The van der Waals surface area contributed by atoms with Crippen molar-refractivity contribution in [1.29, 1.82) is 5.26 Å². The van der Waals surface area contributed by atoms with Gasteiger partial charge in [-0.15, -0.1) is 0 Å². The highest BCUT2D eigenvalue weighted by molar-refractivity contribution is 5.78. The topological polar surface area (TPSA) is 91.6 Å². The standard InChI is InChI=1S/C25H27F2N5O3/c1-15-8-17-12-31(13-19(15)32(17)20-5-4-16(9-28)10-29-20)21(33)14-35-25(6-3-7-25)22-18(26)11-30-24(34-2)23(22)27/h4-5,10-11,15,17,19H,3,6-8,12-14H2,1-2H3/t15-,17?,19?/m0/s1. The molecule has 35 heavy (non-hydrogen) atoms. The fraction of sp³-hybridized carbons (Fsp3) is 0.520. The van der Waals surface area contributed by atoms with E-state index in [1.807, 2.05) is 6.07 Å². The highest BCUT2D eigenvalue weighted by Crippen LogP contribution is 2.47. The molecule has 8 nitrogen and oxygen atoms in total. The molecule has 0 N–H and O–H groups in total. The Morgan fingerprint density at radius 3 is 2.66 bits per heavy atom. The van der Waals surface area contributed by atoms with E-state index in [-0.39, 0.29) is 36.0 Å². The first-order valence-electron chi connectivity index (χ1n) is 11.8. The fourth-order valence-electron chi connectivity index (χ4n) is 5.66. The van der Waals surface area contributed by atoms with Crippen LogP contribution in [0, 0.1) is 28.9 Å². The quantitative estimate of drug-likeness (QED) is 0.623. The molecule has 0 spiro atoms. The van der Waals surface area contributed by atoms with Gasteiger partial charge in [-0.25, -0.2) is 18.7 Å². The van der Waals surface area contributed by atoms with Gasteiger partial charge in [-0.1, -0.05) is 6.92 Å². The lowest BCUT2D eigenvalue weighted by molar-refractivity contribution is -0.155. The summed E-state index contributed by atoms with van der Waals surface area (Å²) in [4.78, 5) is 25.3. The third-order valence-corrected chi connectivity index (χ3v) is 7.61. The zero-order valence-corrected chi connectivity index (χ0v) is 19.7. The molecule has 2 saturated heterocycles. The third-order valence-electron chi connectivity index (χ3n) is 7.61. The lowest BCUT2D eigenvalue weighted by atomic mass is 9.74. The molecule has 2 aromatic heterocycles. The summed E-state index contributed by atoms with van der Waals surface area (Å²) < 4.78 is 40.4. The van der Waals surface area contributed by atoms with Gasteiger partial charge in [-0.3, -0.25) is 4.79 Å². The summed E-state index contributed by atoms with van der Waals surface area (Å²) in [6.45, 7) is 2.94. The van der Waals surface area contributed by atoms with Gasteiger partial charge in [-0.2, -0.15) is 5.26 Å². The van der Waals surface area contributed by atoms with Crippen LogP contribution in [0.3, 0.4) is 0 Å². The minimum Gasteiger partial charge on any atom is -0.479 e. The normalized spacial score (nSPS) is 24.6. The Hall–Kier alpha value is -3.32. The maximum absolute atomic E-state index is 14.9. The number of piperazine rings is 1. The van der Waals surface area contributed by atoms with Gasteiger partial charge in [0.25, 0.3) is 5.88 Å². The Labute approximate surface area is 202 Å². The molecule has 3 atom stereocenters. The molecule has 1 aliphatic carbocycles. The van der Waals surface area contributed by atoms with Crippen LogP contribution in [0.15, 0.2) is 24.5 Å².